The van der Waals surface area contributed by atoms with E-state index < -0.39 is 40.2 Å². The van der Waals surface area contributed by atoms with Gasteiger partial charge in [-0.2, -0.15) is 0 Å². The monoisotopic (exact) mass is 565 g/mol. The number of carbonyl (C=O) groups excluding carboxylic acids is 2. The Morgan fingerprint density at radius 1 is 1.02 bits per heavy atom. The minimum atomic E-state index is -1.29. The van der Waals surface area contributed by atoms with Crippen LogP contribution in [0, 0.1) is 27.9 Å². The molecule has 212 valence electrons. The van der Waals surface area contributed by atoms with Crippen LogP contribution in [0.1, 0.15) is 31.7 Å². The van der Waals surface area contributed by atoms with Crippen LogP contribution in [0.5, 0.6) is 5.75 Å². The molecule has 4 atom stereocenters. The molecular formula is C31H27N5O6. The first-order valence-corrected chi connectivity index (χ1v) is 13.8. The number of nitro benzene ring substituents is 1. The van der Waals surface area contributed by atoms with Crippen LogP contribution in [-0.2, 0) is 15.1 Å². The number of nitro groups is 1. The van der Waals surface area contributed by atoms with Gasteiger partial charge in [0, 0.05) is 23.7 Å². The highest BCUT2D eigenvalue weighted by molar-refractivity contribution is 6.24. The summed E-state index contributed by atoms with van der Waals surface area (Å²) in [5.74, 6) is -2.11. The van der Waals surface area contributed by atoms with Crippen molar-refractivity contribution in [2.45, 2.75) is 31.8 Å². The lowest BCUT2D eigenvalue weighted by atomic mass is 9.75. The van der Waals surface area contributed by atoms with Gasteiger partial charge in [-0.3, -0.25) is 34.4 Å². The fourth-order valence-electron chi connectivity index (χ4n) is 7.13. The van der Waals surface area contributed by atoms with E-state index in [1.165, 1.54) is 25.3 Å². The van der Waals surface area contributed by atoms with E-state index in [1.54, 1.807) is 28.8 Å². The number of benzene rings is 3. The lowest BCUT2D eigenvalue weighted by Gasteiger charge is -2.32. The van der Waals surface area contributed by atoms with Crippen molar-refractivity contribution in [2.24, 2.45) is 17.8 Å². The Morgan fingerprint density at radius 3 is 2.50 bits per heavy atom. The van der Waals surface area contributed by atoms with Crippen molar-refractivity contribution in [3.63, 3.8) is 0 Å². The third kappa shape index (κ3) is 3.31. The summed E-state index contributed by atoms with van der Waals surface area (Å²) in [5.41, 5.74) is -0.0467. The molecule has 4 heterocycles. The summed E-state index contributed by atoms with van der Waals surface area (Å²) >= 11 is 0. The number of imide groups is 1. The smallest absolute Gasteiger partial charge is 0.271 e. The Bertz CT molecular complexity index is 1900. The number of nitrogens with one attached hydrogen (secondary N) is 1. The van der Waals surface area contributed by atoms with Gasteiger partial charge in [0.25, 0.3) is 11.2 Å². The summed E-state index contributed by atoms with van der Waals surface area (Å²) < 4.78 is 7.00. The molecule has 7 rings (SSSR count). The predicted octanol–water partition coefficient (Wildman–Crippen LogP) is 3.68. The van der Waals surface area contributed by atoms with E-state index in [9.17, 15) is 24.5 Å². The molecule has 1 spiro atoms. The van der Waals surface area contributed by atoms with Crippen LogP contribution in [0.25, 0.3) is 16.6 Å². The van der Waals surface area contributed by atoms with Crippen LogP contribution >= 0.6 is 0 Å². The summed E-state index contributed by atoms with van der Waals surface area (Å²) in [7, 11) is 1.38. The third-order valence-electron chi connectivity index (χ3n) is 8.70. The molecule has 4 aromatic rings. The lowest BCUT2D eigenvalue weighted by molar-refractivity contribution is -0.384. The number of methoxy groups -OCH3 is 1. The van der Waals surface area contributed by atoms with E-state index in [1.807, 2.05) is 38.1 Å². The lowest BCUT2D eigenvalue weighted by Crippen LogP contribution is -2.50. The number of para-hydroxylation sites is 2. The van der Waals surface area contributed by atoms with Crippen molar-refractivity contribution < 1.29 is 19.2 Å². The minimum absolute atomic E-state index is 0.0182. The number of fused-ring (bicyclic) bond motifs is 8. The van der Waals surface area contributed by atoms with E-state index in [0.29, 0.717) is 34.4 Å². The van der Waals surface area contributed by atoms with Crippen molar-refractivity contribution in [1.82, 2.24) is 14.9 Å². The molecule has 3 aliphatic rings. The van der Waals surface area contributed by atoms with Crippen LogP contribution in [0.15, 0.2) is 71.5 Å². The molecule has 3 aromatic carbocycles. The molecule has 42 heavy (non-hydrogen) atoms. The minimum Gasteiger partial charge on any atom is -0.495 e. The number of amides is 2. The molecule has 2 fully saturated rings. The van der Waals surface area contributed by atoms with Gasteiger partial charge in [-0.15, -0.1) is 0 Å². The van der Waals surface area contributed by atoms with Crippen molar-refractivity contribution >= 4 is 34.1 Å². The second kappa shape index (κ2) is 9.05. The first-order chi connectivity index (χ1) is 20.2. The van der Waals surface area contributed by atoms with E-state index in [0.717, 1.165) is 4.90 Å². The Labute approximate surface area is 239 Å². The van der Waals surface area contributed by atoms with Crippen molar-refractivity contribution in [1.29, 1.82) is 0 Å². The quantitative estimate of drug-likeness (QED) is 0.220. The summed E-state index contributed by atoms with van der Waals surface area (Å²) in [6, 6.07) is 17.8. The maximum atomic E-state index is 14.6. The molecular weight excluding hydrogens is 538 g/mol. The SMILES string of the molecule is COc1ccc([N+](=O)[O-])cc1N1C(=O)[C@H]2[C@@H](CC(C)C)N[C@]3(c4ccccc4-n4c3nc3ccccc3c4=O)[C@H]2C1=O. The Hall–Kier alpha value is -4.90. The molecule has 2 amide bonds. The maximum Gasteiger partial charge on any atom is 0.271 e. The fourth-order valence-corrected chi connectivity index (χ4v) is 7.13. The van der Waals surface area contributed by atoms with E-state index >= 15 is 0 Å². The summed E-state index contributed by atoms with van der Waals surface area (Å²) in [6.45, 7) is 4.08. The second-order valence-electron chi connectivity index (χ2n) is 11.4. The van der Waals surface area contributed by atoms with E-state index in [-0.39, 0.29) is 28.6 Å². The Balaban J connectivity index is 1.51. The number of ether oxygens (including phenoxy) is 1. The zero-order chi connectivity index (χ0) is 29.5. The zero-order valence-electron chi connectivity index (χ0n) is 23.1. The molecule has 0 bridgehead atoms. The third-order valence-corrected chi connectivity index (χ3v) is 8.70. The van der Waals surface area contributed by atoms with Gasteiger partial charge < -0.3 is 4.74 Å². The van der Waals surface area contributed by atoms with Crippen LogP contribution in [0.2, 0.25) is 0 Å². The predicted molar refractivity (Wildman–Crippen MR) is 154 cm³/mol. The molecule has 0 saturated carbocycles. The number of non-ortho nitro benzene ring substituents is 1. The molecule has 1 N–H and O–H groups in total. The van der Waals surface area contributed by atoms with Gasteiger partial charge in [-0.1, -0.05) is 44.2 Å². The molecule has 11 nitrogen and oxygen atoms in total. The fraction of sp³-hybridized carbons (Fsp3) is 0.290. The number of nitrogens with zero attached hydrogens (tertiary/aromatic N) is 4. The molecule has 0 aliphatic carbocycles. The number of hydrogen-bond acceptors (Lipinski definition) is 8. The van der Waals surface area contributed by atoms with Crippen LogP contribution in [0.4, 0.5) is 11.4 Å². The highest BCUT2D eigenvalue weighted by Gasteiger charge is 2.70. The summed E-state index contributed by atoms with van der Waals surface area (Å²) in [5, 5.41) is 15.8. The zero-order valence-corrected chi connectivity index (χ0v) is 23.1. The van der Waals surface area contributed by atoms with Crippen molar-refractivity contribution in [3.05, 3.63) is 98.6 Å². The van der Waals surface area contributed by atoms with Crippen LogP contribution in [0.3, 0.4) is 0 Å². The number of anilines is 1. The van der Waals surface area contributed by atoms with Crippen molar-refractivity contribution in [2.75, 3.05) is 12.0 Å². The highest BCUT2D eigenvalue weighted by Crippen LogP contribution is 2.57. The average Bonchev–Trinajstić information content (AvgIpc) is 3.55. The standard InChI is InChI=1S/C31H27N5O6/c1-16(2)14-21-25-26(29(39)34(28(25)38)23-15-17(36(40)41)12-13-24(23)42-3)31(33-21)19-9-5-7-11-22(19)35-27(37)18-8-4-6-10-20(18)32-30(31)35/h4-13,15-16,21,25-26,33H,14H2,1-3H3/t21-,25+,26-,31-/m1/s1. The summed E-state index contributed by atoms with van der Waals surface area (Å²) in [6.07, 6.45) is 0.571. The molecule has 3 aliphatic heterocycles. The van der Waals surface area contributed by atoms with Gasteiger partial charge in [0.05, 0.1) is 40.5 Å². The number of hydrogen-bond donors (Lipinski definition) is 1. The molecule has 1 aromatic heterocycles. The van der Waals surface area contributed by atoms with E-state index in [4.69, 9.17) is 9.72 Å². The molecule has 11 heteroatoms. The van der Waals surface area contributed by atoms with Crippen molar-refractivity contribution in [3.8, 4) is 11.4 Å². The number of aromatic nitrogens is 2. The largest absolute Gasteiger partial charge is 0.495 e. The first kappa shape index (κ1) is 26.0. The molecule has 0 unspecified atom stereocenters. The number of rotatable bonds is 5. The van der Waals surface area contributed by atoms with Gasteiger partial charge in [-0.05, 0) is 36.6 Å². The van der Waals surface area contributed by atoms with Gasteiger partial charge in [0.1, 0.15) is 22.8 Å². The second-order valence-corrected chi connectivity index (χ2v) is 11.4. The molecule has 0 radical (unpaired) electrons. The highest BCUT2D eigenvalue weighted by atomic mass is 16.6. The van der Waals surface area contributed by atoms with Gasteiger partial charge >= 0.3 is 0 Å². The molecule has 2 saturated heterocycles. The van der Waals surface area contributed by atoms with E-state index in [2.05, 4.69) is 5.32 Å². The van der Waals surface area contributed by atoms with Gasteiger partial charge in [0.2, 0.25) is 11.8 Å². The van der Waals surface area contributed by atoms with Crippen LogP contribution in [-0.4, -0.2) is 39.4 Å². The first-order valence-electron chi connectivity index (χ1n) is 13.8. The Morgan fingerprint density at radius 2 is 1.76 bits per heavy atom. The topological polar surface area (TPSA) is 137 Å². The number of carbonyl (C=O) groups is 2. The normalized spacial score (nSPS) is 24.0. The maximum absolute atomic E-state index is 14.6. The van der Waals surface area contributed by atoms with Gasteiger partial charge in [-0.25, -0.2) is 9.88 Å². The van der Waals surface area contributed by atoms with Crippen LogP contribution < -0.4 is 20.5 Å². The van der Waals surface area contributed by atoms with Gasteiger partial charge in [0.15, 0.2) is 0 Å². The summed E-state index contributed by atoms with van der Waals surface area (Å²) in [4.78, 5) is 60.0. The Kier molecular flexibility index (Phi) is 5.61. The average molecular weight is 566 g/mol.